The summed E-state index contributed by atoms with van der Waals surface area (Å²) in [5, 5.41) is 11.7. The van der Waals surface area contributed by atoms with Crippen molar-refractivity contribution in [2.75, 3.05) is 19.8 Å². The Morgan fingerprint density at radius 3 is 2.38 bits per heavy atom. The Bertz CT molecular complexity index is 472. The van der Waals surface area contributed by atoms with Gasteiger partial charge in [0.25, 0.3) is 0 Å². The first kappa shape index (κ1) is 19.9. The number of rotatable bonds is 9. The van der Waals surface area contributed by atoms with Gasteiger partial charge in [-0.1, -0.05) is 0 Å². The molecule has 1 heterocycles. The quantitative estimate of drug-likeness (QED) is 0.553. The third-order valence-electron chi connectivity index (χ3n) is 3.47. The topological polar surface area (TPSA) is 128 Å². The third kappa shape index (κ3) is 5.80. The highest BCUT2D eigenvalue weighted by molar-refractivity contribution is 5.91. The minimum Gasteiger partial charge on any atom is -0.480 e. The Morgan fingerprint density at radius 1 is 1.21 bits per heavy atom. The lowest BCUT2D eigenvalue weighted by Crippen LogP contribution is -2.52. The first-order valence-electron chi connectivity index (χ1n) is 7.87. The lowest BCUT2D eigenvalue weighted by Gasteiger charge is -2.23. The van der Waals surface area contributed by atoms with Gasteiger partial charge < -0.3 is 24.6 Å². The van der Waals surface area contributed by atoms with Crippen LogP contribution in [-0.4, -0.2) is 60.9 Å². The molecule has 0 bridgehead atoms. The predicted octanol–water partition coefficient (Wildman–Crippen LogP) is -0.133. The van der Waals surface area contributed by atoms with E-state index in [1.54, 1.807) is 13.8 Å². The average molecular weight is 345 g/mol. The average Bonchev–Trinajstić information content (AvgIpc) is 3.05. The molecule has 0 aromatic carbocycles. The second-order valence-corrected chi connectivity index (χ2v) is 5.19. The standard InChI is InChI=1S/C15H23NO8/c1-3-22-11(17)8-9(15(21)23-4-2)12(14(19)20)16-13(18)10-6-5-7-24-10/h9-10,12H,3-8H2,1-2H3,(H,16,18)(H,19,20)/t9-,10+,12-/m0/s1. The molecule has 0 aromatic heterocycles. The van der Waals surface area contributed by atoms with Gasteiger partial charge in [-0.15, -0.1) is 0 Å². The molecule has 9 nitrogen and oxygen atoms in total. The van der Waals surface area contributed by atoms with Crippen molar-refractivity contribution in [2.24, 2.45) is 5.92 Å². The molecule has 1 rings (SSSR count). The van der Waals surface area contributed by atoms with Crippen molar-refractivity contribution in [1.29, 1.82) is 0 Å². The van der Waals surface area contributed by atoms with E-state index in [0.717, 1.165) is 0 Å². The Labute approximate surface area is 139 Å². The van der Waals surface area contributed by atoms with Crippen molar-refractivity contribution in [1.82, 2.24) is 5.32 Å². The van der Waals surface area contributed by atoms with Crippen molar-refractivity contribution in [3.8, 4) is 0 Å². The molecule has 1 fully saturated rings. The largest absolute Gasteiger partial charge is 0.480 e. The number of ether oxygens (including phenoxy) is 3. The minimum absolute atomic E-state index is 0.0180. The Morgan fingerprint density at radius 2 is 1.88 bits per heavy atom. The van der Waals surface area contributed by atoms with Gasteiger partial charge in [-0.2, -0.15) is 0 Å². The fourth-order valence-electron chi connectivity index (χ4n) is 2.35. The van der Waals surface area contributed by atoms with Gasteiger partial charge in [0, 0.05) is 6.61 Å². The van der Waals surface area contributed by atoms with Crippen LogP contribution in [0.15, 0.2) is 0 Å². The lowest BCUT2D eigenvalue weighted by molar-refractivity contribution is -0.160. The van der Waals surface area contributed by atoms with Gasteiger partial charge in [0.1, 0.15) is 12.1 Å². The maximum absolute atomic E-state index is 12.1. The van der Waals surface area contributed by atoms with Crippen LogP contribution < -0.4 is 5.32 Å². The highest BCUT2D eigenvalue weighted by Gasteiger charge is 2.39. The number of aliphatic carboxylic acids is 1. The van der Waals surface area contributed by atoms with E-state index in [1.165, 1.54) is 0 Å². The first-order chi connectivity index (χ1) is 11.4. The predicted molar refractivity (Wildman–Crippen MR) is 79.9 cm³/mol. The van der Waals surface area contributed by atoms with Crippen LogP contribution in [0.25, 0.3) is 0 Å². The molecule has 0 saturated carbocycles. The van der Waals surface area contributed by atoms with Crippen LogP contribution in [0.4, 0.5) is 0 Å². The lowest BCUT2D eigenvalue weighted by atomic mass is 9.95. The summed E-state index contributed by atoms with van der Waals surface area (Å²) >= 11 is 0. The van der Waals surface area contributed by atoms with E-state index in [-0.39, 0.29) is 13.2 Å². The number of carbonyl (C=O) groups is 4. The van der Waals surface area contributed by atoms with E-state index in [2.05, 4.69) is 5.32 Å². The summed E-state index contributed by atoms with van der Waals surface area (Å²) in [6, 6.07) is -1.61. The van der Waals surface area contributed by atoms with Crippen molar-refractivity contribution >= 4 is 23.8 Å². The van der Waals surface area contributed by atoms with Crippen LogP contribution in [0.3, 0.4) is 0 Å². The Hall–Kier alpha value is -2.16. The number of amides is 1. The van der Waals surface area contributed by atoms with E-state index in [9.17, 15) is 24.3 Å². The molecular weight excluding hydrogens is 322 g/mol. The summed E-state index contributed by atoms with van der Waals surface area (Å²) in [5.41, 5.74) is 0. The van der Waals surface area contributed by atoms with Gasteiger partial charge in [-0.25, -0.2) is 4.79 Å². The summed E-state index contributed by atoms with van der Waals surface area (Å²) in [5.74, 6) is -5.08. The van der Waals surface area contributed by atoms with Gasteiger partial charge >= 0.3 is 17.9 Å². The smallest absolute Gasteiger partial charge is 0.327 e. The molecule has 0 aliphatic carbocycles. The number of nitrogens with one attached hydrogen (secondary N) is 1. The maximum atomic E-state index is 12.1. The SMILES string of the molecule is CCOC(=O)C[C@H](C(=O)OCC)[C@H](NC(=O)[C@H]1CCCO1)C(=O)O. The highest BCUT2D eigenvalue weighted by Crippen LogP contribution is 2.17. The number of carboxylic acid groups (broad SMARTS) is 1. The van der Waals surface area contributed by atoms with E-state index in [4.69, 9.17) is 14.2 Å². The van der Waals surface area contributed by atoms with Crippen LogP contribution in [0, 0.1) is 5.92 Å². The maximum Gasteiger partial charge on any atom is 0.327 e. The molecule has 24 heavy (non-hydrogen) atoms. The fourth-order valence-corrected chi connectivity index (χ4v) is 2.35. The Kier molecular flexibility index (Phi) is 8.17. The molecule has 1 aliphatic heterocycles. The highest BCUT2D eigenvalue weighted by atomic mass is 16.5. The number of carboxylic acids is 1. The molecule has 1 saturated heterocycles. The normalized spacial score (nSPS) is 19.2. The number of carbonyl (C=O) groups excluding carboxylic acids is 3. The number of hydrogen-bond acceptors (Lipinski definition) is 7. The van der Waals surface area contributed by atoms with Gasteiger partial charge in [-0.05, 0) is 26.7 Å². The zero-order valence-corrected chi connectivity index (χ0v) is 13.8. The van der Waals surface area contributed by atoms with Gasteiger partial charge in [0.15, 0.2) is 0 Å². The fraction of sp³-hybridized carbons (Fsp3) is 0.733. The van der Waals surface area contributed by atoms with Crippen LogP contribution in [0.1, 0.15) is 33.1 Å². The van der Waals surface area contributed by atoms with Crippen LogP contribution in [-0.2, 0) is 33.4 Å². The molecule has 0 radical (unpaired) electrons. The van der Waals surface area contributed by atoms with Crippen molar-refractivity contribution < 1.29 is 38.5 Å². The molecule has 9 heteroatoms. The number of esters is 2. The van der Waals surface area contributed by atoms with Gasteiger partial charge in [-0.3, -0.25) is 14.4 Å². The summed E-state index contributed by atoms with van der Waals surface area (Å²) in [6.07, 6.45) is -0.0903. The summed E-state index contributed by atoms with van der Waals surface area (Å²) in [4.78, 5) is 47.3. The van der Waals surface area contributed by atoms with Gasteiger partial charge in [0.05, 0.1) is 25.6 Å². The summed E-state index contributed by atoms with van der Waals surface area (Å²) in [7, 11) is 0. The van der Waals surface area contributed by atoms with Crippen LogP contribution in [0.5, 0.6) is 0 Å². The molecule has 1 aliphatic rings. The van der Waals surface area contributed by atoms with E-state index >= 15 is 0 Å². The molecule has 0 aromatic rings. The second-order valence-electron chi connectivity index (χ2n) is 5.19. The molecule has 2 N–H and O–H groups in total. The summed E-state index contributed by atoms with van der Waals surface area (Å²) < 4.78 is 14.8. The van der Waals surface area contributed by atoms with Crippen molar-refractivity contribution in [3.05, 3.63) is 0 Å². The van der Waals surface area contributed by atoms with Crippen molar-refractivity contribution in [3.63, 3.8) is 0 Å². The number of hydrogen-bond donors (Lipinski definition) is 2. The van der Waals surface area contributed by atoms with Crippen molar-refractivity contribution in [2.45, 2.75) is 45.3 Å². The monoisotopic (exact) mass is 345 g/mol. The molecule has 0 unspecified atom stereocenters. The molecule has 0 spiro atoms. The van der Waals surface area contributed by atoms with Gasteiger partial charge in [0.2, 0.25) is 5.91 Å². The molecule has 1 amide bonds. The molecule has 3 atom stereocenters. The molecule has 136 valence electrons. The first-order valence-corrected chi connectivity index (χ1v) is 7.87. The third-order valence-corrected chi connectivity index (χ3v) is 3.47. The van der Waals surface area contributed by atoms with E-state index in [0.29, 0.717) is 19.4 Å². The van der Waals surface area contributed by atoms with Crippen LogP contribution in [0.2, 0.25) is 0 Å². The van der Waals surface area contributed by atoms with Crippen LogP contribution >= 0.6 is 0 Å². The van der Waals surface area contributed by atoms with E-state index in [1.807, 2.05) is 0 Å². The van der Waals surface area contributed by atoms with E-state index < -0.39 is 48.3 Å². The second kappa shape index (κ2) is 9.86. The summed E-state index contributed by atoms with van der Waals surface area (Å²) in [6.45, 7) is 3.67. The molecular formula is C15H23NO8. The zero-order valence-electron chi connectivity index (χ0n) is 13.8. The Balaban J connectivity index is 2.89. The zero-order chi connectivity index (χ0) is 18.1. The minimum atomic E-state index is -1.61.